The van der Waals surface area contributed by atoms with Crippen molar-refractivity contribution in [3.63, 3.8) is 0 Å². The summed E-state index contributed by atoms with van der Waals surface area (Å²) in [4.78, 5) is 35.9. The van der Waals surface area contributed by atoms with Gasteiger partial charge in [0.2, 0.25) is 6.29 Å². The fourth-order valence-corrected chi connectivity index (χ4v) is 5.18. The van der Waals surface area contributed by atoms with Gasteiger partial charge in [0.25, 0.3) is 0 Å². The Hall–Kier alpha value is -4.05. The van der Waals surface area contributed by atoms with Crippen molar-refractivity contribution in [1.82, 2.24) is 0 Å². The molecule has 1 aliphatic heterocycles. The molecule has 7 N–H and O–H groups in total. The molecule has 0 radical (unpaired) electrons. The second-order valence-corrected chi connectivity index (χ2v) is 11.0. The third kappa shape index (κ3) is 6.26. The highest BCUT2D eigenvalue weighted by Gasteiger charge is 2.68. The van der Waals surface area contributed by atoms with E-state index in [1.807, 2.05) is 0 Å². The van der Waals surface area contributed by atoms with Crippen molar-refractivity contribution in [2.75, 3.05) is 13.2 Å². The van der Waals surface area contributed by atoms with Crippen molar-refractivity contribution in [2.45, 2.75) is 62.5 Å². The number of aliphatic hydroxyl groups excluding tert-OH is 3. The minimum absolute atomic E-state index is 0.0227. The molecule has 2 heterocycles. The van der Waals surface area contributed by atoms with Gasteiger partial charge in [0.05, 0.1) is 23.7 Å². The van der Waals surface area contributed by atoms with E-state index in [2.05, 4.69) is 0 Å². The molecule has 0 saturated carbocycles. The van der Waals surface area contributed by atoms with Crippen molar-refractivity contribution in [3.05, 3.63) is 59.0 Å². The summed E-state index contributed by atoms with van der Waals surface area (Å²) in [5.41, 5.74) is -5.30. The molecule has 1 aliphatic rings. The number of esters is 1. The summed E-state index contributed by atoms with van der Waals surface area (Å²) in [6.45, 7) is 1.24. The first-order chi connectivity index (χ1) is 20.7. The van der Waals surface area contributed by atoms with Crippen LogP contribution in [0.4, 0.5) is 0 Å². The second kappa shape index (κ2) is 12.9. The van der Waals surface area contributed by atoms with E-state index in [1.165, 1.54) is 36.6 Å². The number of aromatic hydroxyl groups is 1. The predicted octanol–water partition coefficient (Wildman–Crippen LogP) is 0.510. The Bertz CT molecular complexity index is 1550. The first-order valence-corrected chi connectivity index (χ1v) is 13.7. The van der Waals surface area contributed by atoms with Gasteiger partial charge in [0.1, 0.15) is 42.5 Å². The van der Waals surface area contributed by atoms with Gasteiger partial charge in [-0.05, 0) is 42.2 Å². The lowest BCUT2D eigenvalue weighted by Crippen LogP contribution is -2.80. The number of phenolic OH excluding ortho intramolecular Hbond substituents is 1. The maximum Gasteiger partial charge on any atom is 0.317 e. The molecule has 1 saturated heterocycles. The minimum Gasteiger partial charge on any atom is -0.508 e. The molecular formula is C30H34O14. The Kier molecular flexibility index (Phi) is 9.63. The van der Waals surface area contributed by atoms with Crippen molar-refractivity contribution in [3.8, 4) is 22.6 Å². The van der Waals surface area contributed by atoms with Crippen LogP contribution in [0.2, 0.25) is 0 Å². The van der Waals surface area contributed by atoms with Gasteiger partial charge in [-0.25, -0.2) is 0 Å². The van der Waals surface area contributed by atoms with Crippen LogP contribution < -0.4 is 10.2 Å². The molecule has 14 nitrogen and oxygen atoms in total. The van der Waals surface area contributed by atoms with Crippen LogP contribution in [-0.2, 0) is 19.1 Å². The second-order valence-electron chi connectivity index (χ2n) is 11.0. The van der Waals surface area contributed by atoms with E-state index in [9.17, 15) is 45.0 Å². The van der Waals surface area contributed by atoms with Crippen molar-refractivity contribution >= 4 is 22.9 Å². The van der Waals surface area contributed by atoms with Gasteiger partial charge >= 0.3 is 11.9 Å². The van der Waals surface area contributed by atoms with Crippen LogP contribution in [0.3, 0.4) is 0 Å². The van der Waals surface area contributed by atoms with E-state index in [1.54, 1.807) is 26.0 Å². The molecule has 1 aromatic heterocycles. The van der Waals surface area contributed by atoms with Gasteiger partial charge in [-0.15, -0.1) is 0 Å². The molecule has 0 bridgehead atoms. The Morgan fingerprint density at radius 1 is 1.09 bits per heavy atom. The third-order valence-electron chi connectivity index (χ3n) is 7.54. The number of hydrogen-bond donors (Lipinski definition) is 7. The SMILES string of the molecule is CC(C)C[C@H](O)[C@]1(O)[C@H](O)[C@@H](Oc2ccc3c(=O)c(-c4ccc(O)cc4)coc3c2)O[C@@H](COC(=O)CC(=O)O)[C@@]1(O)CO. The van der Waals surface area contributed by atoms with E-state index in [4.69, 9.17) is 23.7 Å². The summed E-state index contributed by atoms with van der Waals surface area (Å²) in [5, 5.41) is 74.1. The van der Waals surface area contributed by atoms with Gasteiger partial charge in [-0.1, -0.05) is 26.0 Å². The molecule has 14 heteroatoms. The number of ether oxygens (including phenoxy) is 3. The van der Waals surface area contributed by atoms with Crippen LogP contribution in [-0.4, -0.2) is 96.7 Å². The zero-order chi connectivity index (χ0) is 32.4. The standard InChI is InChI=1S/C30H34O14/c1-15(2)9-22(33)30(40)27(38)28(44-23(29(30,39)14-31)13-42-25(36)11-24(34)35)43-18-7-8-19-21(10-18)41-12-20(26(19)37)16-3-5-17(32)6-4-16/h3-8,10,12,15,22-23,27-28,31-33,38-40H,9,11,13-14H2,1-2H3,(H,34,35)/t22-,23-,27+,28-,29-,30-/m0/s1. The van der Waals surface area contributed by atoms with Crippen LogP contribution in [0.1, 0.15) is 26.7 Å². The van der Waals surface area contributed by atoms with Gasteiger partial charge in [0.15, 0.2) is 22.7 Å². The summed E-state index contributed by atoms with van der Waals surface area (Å²) in [7, 11) is 0. The van der Waals surface area contributed by atoms with Gasteiger partial charge < -0.3 is 54.4 Å². The average Bonchev–Trinajstić information content (AvgIpc) is 2.96. The normalized spacial score (nSPS) is 26.0. The summed E-state index contributed by atoms with van der Waals surface area (Å²) in [6.07, 6.45) is -7.68. The fourth-order valence-electron chi connectivity index (χ4n) is 5.18. The van der Waals surface area contributed by atoms with Crippen molar-refractivity contribution < 1.29 is 64.0 Å². The van der Waals surface area contributed by atoms with Crippen LogP contribution in [0.5, 0.6) is 11.5 Å². The highest BCUT2D eigenvalue weighted by Crippen LogP contribution is 2.43. The van der Waals surface area contributed by atoms with Crippen LogP contribution >= 0.6 is 0 Å². The van der Waals surface area contributed by atoms with Crippen LogP contribution in [0.25, 0.3) is 22.1 Å². The Balaban J connectivity index is 1.68. The molecule has 0 spiro atoms. The maximum absolute atomic E-state index is 13.1. The summed E-state index contributed by atoms with van der Waals surface area (Å²) in [6, 6.07) is 9.95. The molecule has 4 rings (SSSR count). The Morgan fingerprint density at radius 2 is 1.77 bits per heavy atom. The third-order valence-corrected chi connectivity index (χ3v) is 7.54. The Morgan fingerprint density at radius 3 is 2.39 bits per heavy atom. The van der Waals surface area contributed by atoms with Crippen molar-refractivity contribution in [2.24, 2.45) is 5.92 Å². The zero-order valence-electron chi connectivity index (χ0n) is 23.8. The largest absolute Gasteiger partial charge is 0.508 e. The number of fused-ring (bicyclic) bond motifs is 1. The van der Waals surface area contributed by atoms with E-state index in [-0.39, 0.29) is 45.8 Å². The molecule has 1 fully saturated rings. The number of benzene rings is 2. The molecule has 0 amide bonds. The number of aliphatic hydroxyl groups is 5. The molecule has 0 aliphatic carbocycles. The number of phenols is 1. The number of carbonyl (C=O) groups is 2. The Labute approximate surface area is 250 Å². The lowest BCUT2D eigenvalue weighted by atomic mass is 9.68. The summed E-state index contributed by atoms with van der Waals surface area (Å²) < 4.78 is 22.0. The first-order valence-electron chi connectivity index (χ1n) is 13.7. The van der Waals surface area contributed by atoms with Crippen LogP contribution in [0.15, 0.2) is 57.9 Å². The highest BCUT2D eigenvalue weighted by molar-refractivity contribution is 5.90. The maximum atomic E-state index is 13.1. The predicted molar refractivity (Wildman–Crippen MR) is 151 cm³/mol. The molecule has 44 heavy (non-hydrogen) atoms. The number of carboxylic acids is 1. The minimum atomic E-state index is -2.90. The van der Waals surface area contributed by atoms with E-state index in [0.717, 1.165) is 0 Å². The number of aliphatic carboxylic acids is 1. The zero-order valence-corrected chi connectivity index (χ0v) is 23.8. The van der Waals surface area contributed by atoms with E-state index in [0.29, 0.717) is 5.56 Å². The lowest BCUT2D eigenvalue weighted by Gasteiger charge is -2.56. The van der Waals surface area contributed by atoms with Gasteiger partial charge in [0, 0.05) is 6.07 Å². The van der Waals surface area contributed by atoms with Crippen LogP contribution in [0, 0.1) is 5.92 Å². The average molecular weight is 619 g/mol. The summed E-state index contributed by atoms with van der Waals surface area (Å²) in [5.74, 6) is -2.98. The first kappa shape index (κ1) is 32.9. The molecule has 0 unspecified atom stereocenters. The quantitative estimate of drug-likeness (QED) is 0.115. The smallest absolute Gasteiger partial charge is 0.317 e. The van der Waals surface area contributed by atoms with Gasteiger partial charge in [-0.3, -0.25) is 14.4 Å². The molecule has 238 valence electrons. The molecule has 6 atom stereocenters. The number of rotatable bonds is 11. The van der Waals surface area contributed by atoms with Crippen molar-refractivity contribution in [1.29, 1.82) is 0 Å². The van der Waals surface area contributed by atoms with Gasteiger partial charge in [-0.2, -0.15) is 0 Å². The van der Waals surface area contributed by atoms with E-state index < -0.39 is 67.4 Å². The summed E-state index contributed by atoms with van der Waals surface area (Å²) >= 11 is 0. The number of hydrogen-bond acceptors (Lipinski definition) is 13. The molecule has 2 aromatic carbocycles. The number of carboxylic acid groups (broad SMARTS) is 1. The van der Waals surface area contributed by atoms with E-state index >= 15 is 0 Å². The number of carbonyl (C=O) groups excluding carboxylic acids is 1. The monoisotopic (exact) mass is 618 g/mol. The highest BCUT2D eigenvalue weighted by atomic mass is 16.7. The lowest BCUT2D eigenvalue weighted by molar-refractivity contribution is -0.375. The fraction of sp³-hybridized carbons (Fsp3) is 0.433. The molecule has 3 aromatic rings. The molecular weight excluding hydrogens is 584 g/mol. The topological polar surface area (TPSA) is 234 Å².